The summed E-state index contributed by atoms with van der Waals surface area (Å²) in [6.07, 6.45) is 1.42. The molecule has 2 rings (SSSR count). The summed E-state index contributed by atoms with van der Waals surface area (Å²) in [4.78, 5) is 12.1. The number of phenols is 1. The molecule has 0 unspecified atom stereocenters. The van der Waals surface area contributed by atoms with E-state index in [9.17, 15) is 14.1 Å². The van der Waals surface area contributed by atoms with E-state index >= 15 is 0 Å². The van der Waals surface area contributed by atoms with Crippen LogP contribution in [0.15, 0.2) is 18.2 Å². The number of benzene rings is 1. The second-order valence-corrected chi connectivity index (χ2v) is 6.18. The summed E-state index contributed by atoms with van der Waals surface area (Å²) in [5, 5.41) is 12.6. The number of carbonyl (C=O) groups excluding carboxylic acids is 1. The molecule has 0 aromatic heterocycles. The summed E-state index contributed by atoms with van der Waals surface area (Å²) in [5.41, 5.74) is 0.200. The molecule has 2 N–H and O–H groups in total. The minimum atomic E-state index is -0.750. The zero-order chi connectivity index (χ0) is 13.8. The van der Waals surface area contributed by atoms with Crippen LogP contribution in [0.3, 0.4) is 0 Å². The van der Waals surface area contributed by atoms with E-state index in [0.29, 0.717) is 30.1 Å². The van der Waals surface area contributed by atoms with Gasteiger partial charge >= 0.3 is 0 Å². The van der Waals surface area contributed by atoms with Crippen molar-refractivity contribution in [3.8, 4) is 11.5 Å². The van der Waals surface area contributed by atoms with Gasteiger partial charge in [-0.1, -0.05) is 0 Å². The third-order valence-corrected chi connectivity index (χ3v) is 4.55. The first-order chi connectivity index (χ1) is 9.10. The third-order valence-electron chi connectivity index (χ3n) is 3.17. The molecule has 1 fully saturated rings. The van der Waals surface area contributed by atoms with Crippen LogP contribution in [0.1, 0.15) is 23.2 Å². The Hall–Kier alpha value is -1.56. The van der Waals surface area contributed by atoms with Crippen LogP contribution in [0, 0.1) is 0 Å². The van der Waals surface area contributed by atoms with Crippen LogP contribution in [-0.2, 0) is 10.8 Å². The molecule has 19 heavy (non-hydrogen) atoms. The molecule has 1 aromatic rings. The van der Waals surface area contributed by atoms with Crippen LogP contribution < -0.4 is 10.1 Å². The van der Waals surface area contributed by atoms with Crippen LogP contribution in [-0.4, -0.2) is 39.9 Å². The fourth-order valence-corrected chi connectivity index (χ4v) is 3.32. The number of phenolic OH excluding ortho intramolecular Hbond substituents is 1. The van der Waals surface area contributed by atoms with Crippen molar-refractivity contribution in [3.63, 3.8) is 0 Å². The Morgan fingerprint density at radius 2 is 2.11 bits per heavy atom. The molecule has 0 bridgehead atoms. The standard InChI is InChI=1S/C13H17NO4S/c1-18-10-2-3-12(15)11(8-10)13(16)14-9-4-6-19(17)7-5-9/h2-3,8-9,15H,4-7H2,1H3,(H,14,16). The number of hydrogen-bond donors (Lipinski definition) is 2. The van der Waals surface area contributed by atoms with Gasteiger partial charge in [-0.2, -0.15) is 0 Å². The summed E-state index contributed by atoms with van der Waals surface area (Å²) in [6, 6.07) is 4.56. The third kappa shape index (κ3) is 3.47. The Bertz CT molecular complexity index is 493. The lowest BCUT2D eigenvalue weighted by Gasteiger charge is -2.22. The van der Waals surface area contributed by atoms with Gasteiger partial charge in [-0.15, -0.1) is 0 Å². The fourth-order valence-electron chi connectivity index (χ4n) is 2.03. The van der Waals surface area contributed by atoms with Gasteiger partial charge in [-0.3, -0.25) is 9.00 Å². The summed E-state index contributed by atoms with van der Waals surface area (Å²) in [6.45, 7) is 0. The van der Waals surface area contributed by atoms with E-state index in [2.05, 4.69) is 5.32 Å². The van der Waals surface area contributed by atoms with Crippen LogP contribution >= 0.6 is 0 Å². The average molecular weight is 283 g/mol. The summed E-state index contributed by atoms with van der Waals surface area (Å²) in [7, 11) is 0.754. The number of nitrogens with one attached hydrogen (secondary N) is 1. The number of rotatable bonds is 3. The number of carbonyl (C=O) groups is 1. The highest BCUT2D eigenvalue weighted by molar-refractivity contribution is 7.85. The highest BCUT2D eigenvalue weighted by Crippen LogP contribution is 2.23. The fraction of sp³-hybridized carbons (Fsp3) is 0.462. The predicted octanol–water partition coefficient (Wildman–Crippen LogP) is 1.04. The van der Waals surface area contributed by atoms with Gasteiger partial charge in [0, 0.05) is 28.3 Å². The maximum absolute atomic E-state index is 12.1. The smallest absolute Gasteiger partial charge is 0.255 e. The Kier molecular flexibility index (Phi) is 4.42. The minimum Gasteiger partial charge on any atom is -0.507 e. The zero-order valence-corrected chi connectivity index (χ0v) is 11.5. The molecule has 104 valence electrons. The van der Waals surface area contributed by atoms with Crippen molar-refractivity contribution in [2.45, 2.75) is 18.9 Å². The lowest BCUT2D eigenvalue weighted by molar-refractivity contribution is 0.0931. The van der Waals surface area contributed by atoms with Crippen LogP contribution in [0.2, 0.25) is 0 Å². The summed E-state index contributed by atoms with van der Waals surface area (Å²) < 4.78 is 16.3. The number of amides is 1. The molecule has 0 radical (unpaired) electrons. The quantitative estimate of drug-likeness (QED) is 0.869. The zero-order valence-electron chi connectivity index (χ0n) is 10.7. The Labute approximate surface area is 114 Å². The number of ether oxygens (including phenoxy) is 1. The molecule has 1 aromatic carbocycles. The maximum atomic E-state index is 12.1. The first-order valence-electron chi connectivity index (χ1n) is 6.13. The SMILES string of the molecule is COc1ccc(O)c(C(=O)NC2CCS(=O)CC2)c1. The van der Waals surface area contributed by atoms with Gasteiger partial charge in [-0.05, 0) is 31.0 Å². The van der Waals surface area contributed by atoms with Gasteiger partial charge in [0.05, 0.1) is 12.7 Å². The number of hydrogen-bond acceptors (Lipinski definition) is 4. The Morgan fingerprint density at radius 1 is 1.42 bits per heavy atom. The molecule has 0 saturated carbocycles. The van der Waals surface area contributed by atoms with Crippen molar-refractivity contribution >= 4 is 16.7 Å². The summed E-state index contributed by atoms with van der Waals surface area (Å²) in [5.74, 6) is 1.36. The molecule has 1 heterocycles. The second kappa shape index (κ2) is 6.06. The molecule has 1 aliphatic rings. The lowest BCUT2D eigenvalue weighted by Crippen LogP contribution is -2.39. The molecule has 1 aliphatic heterocycles. The van der Waals surface area contributed by atoms with Crippen molar-refractivity contribution < 1.29 is 18.8 Å². The van der Waals surface area contributed by atoms with E-state index in [0.717, 1.165) is 0 Å². The van der Waals surface area contributed by atoms with Crippen molar-refractivity contribution in [2.75, 3.05) is 18.6 Å². The highest BCUT2D eigenvalue weighted by Gasteiger charge is 2.21. The lowest BCUT2D eigenvalue weighted by atomic mass is 10.1. The van der Waals surface area contributed by atoms with E-state index in [4.69, 9.17) is 4.74 Å². The van der Waals surface area contributed by atoms with Crippen molar-refractivity contribution in [3.05, 3.63) is 23.8 Å². The van der Waals surface area contributed by atoms with E-state index < -0.39 is 10.8 Å². The minimum absolute atomic E-state index is 0.0239. The molecule has 0 spiro atoms. The van der Waals surface area contributed by atoms with E-state index in [1.807, 2.05) is 0 Å². The highest BCUT2D eigenvalue weighted by atomic mass is 32.2. The van der Waals surface area contributed by atoms with Crippen molar-refractivity contribution in [2.24, 2.45) is 0 Å². The van der Waals surface area contributed by atoms with Gasteiger partial charge < -0.3 is 15.2 Å². The first kappa shape index (κ1) is 13.9. The maximum Gasteiger partial charge on any atom is 0.255 e. The number of methoxy groups -OCH3 is 1. The predicted molar refractivity (Wildman–Crippen MR) is 73.0 cm³/mol. The Balaban J connectivity index is 2.05. The monoisotopic (exact) mass is 283 g/mol. The van der Waals surface area contributed by atoms with Gasteiger partial charge in [0.15, 0.2) is 0 Å². The molecule has 5 nitrogen and oxygen atoms in total. The molecular formula is C13H17NO4S. The molecule has 1 saturated heterocycles. The van der Waals surface area contributed by atoms with Crippen LogP contribution in [0.25, 0.3) is 0 Å². The number of aromatic hydroxyl groups is 1. The van der Waals surface area contributed by atoms with Gasteiger partial charge in [0.25, 0.3) is 5.91 Å². The normalized spacial score (nSPS) is 22.8. The largest absolute Gasteiger partial charge is 0.507 e. The van der Waals surface area contributed by atoms with Gasteiger partial charge in [0.2, 0.25) is 0 Å². The molecule has 0 atom stereocenters. The summed E-state index contributed by atoms with van der Waals surface area (Å²) >= 11 is 0. The van der Waals surface area contributed by atoms with Crippen LogP contribution in [0.4, 0.5) is 0 Å². The molecular weight excluding hydrogens is 266 g/mol. The van der Waals surface area contributed by atoms with Gasteiger partial charge in [-0.25, -0.2) is 0 Å². The second-order valence-electron chi connectivity index (χ2n) is 4.48. The Morgan fingerprint density at radius 3 is 2.74 bits per heavy atom. The topological polar surface area (TPSA) is 75.6 Å². The van der Waals surface area contributed by atoms with E-state index in [-0.39, 0.29) is 23.3 Å². The van der Waals surface area contributed by atoms with Crippen LogP contribution in [0.5, 0.6) is 11.5 Å². The average Bonchev–Trinajstić information content (AvgIpc) is 2.42. The van der Waals surface area contributed by atoms with E-state index in [1.54, 1.807) is 6.07 Å². The van der Waals surface area contributed by atoms with E-state index in [1.165, 1.54) is 19.2 Å². The van der Waals surface area contributed by atoms with Crippen molar-refractivity contribution in [1.82, 2.24) is 5.32 Å². The van der Waals surface area contributed by atoms with Crippen molar-refractivity contribution in [1.29, 1.82) is 0 Å². The van der Waals surface area contributed by atoms with Gasteiger partial charge in [0.1, 0.15) is 11.5 Å². The first-order valence-corrected chi connectivity index (χ1v) is 7.62. The molecule has 0 aliphatic carbocycles. The molecule has 1 amide bonds. The molecule has 6 heteroatoms.